The molecule has 0 spiro atoms. The second kappa shape index (κ2) is 12.6. The van der Waals surface area contributed by atoms with E-state index in [-0.39, 0.29) is 17.1 Å². The molecule has 0 heterocycles. The molecule has 226 valence electrons. The van der Waals surface area contributed by atoms with Crippen LogP contribution in [-0.2, 0) is 32.3 Å². The molecule has 1 atom stereocenters. The Labute approximate surface area is 245 Å². The monoisotopic (exact) mass is 603 g/mol. The van der Waals surface area contributed by atoms with Crippen LogP contribution in [0.4, 0.5) is 18.9 Å². The molecule has 0 saturated heterocycles. The lowest BCUT2D eigenvalue weighted by Crippen LogP contribution is -2.54. The summed E-state index contributed by atoms with van der Waals surface area (Å²) in [4.78, 5) is 28.2. The summed E-state index contributed by atoms with van der Waals surface area (Å²) in [6, 6.07) is 15.8. The van der Waals surface area contributed by atoms with E-state index in [0.717, 1.165) is 28.8 Å². The Morgan fingerprint density at radius 1 is 0.905 bits per heavy atom. The Balaban J connectivity index is 2.11. The largest absolute Gasteiger partial charge is 0.416 e. The van der Waals surface area contributed by atoms with E-state index in [1.165, 1.54) is 30.0 Å². The number of alkyl halides is 3. The van der Waals surface area contributed by atoms with E-state index < -0.39 is 51.7 Å². The van der Waals surface area contributed by atoms with E-state index in [1.807, 2.05) is 19.1 Å². The highest BCUT2D eigenvalue weighted by atomic mass is 32.2. The fraction of sp³-hybridized carbons (Fsp3) is 0.355. The van der Waals surface area contributed by atoms with Crippen LogP contribution in [0.2, 0.25) is 0 Å². The van der Waals surface area contributed by atoms with Crippen LogP contribution in [0.3, 0.4) is 0 Å². The number of sulfonamides is 1. The van der Waals surface area contributed by atoms with Crippen LogP contribution in [0.15, 0.2) is 77.7 Å². The smallest absolute Gasteiger partial charge is 0.350 e. The molecule has 0 aliphatic rings. The normalized spacial score (nSPS) is 12.9. The van der Waals surface area contributed by atoms with Gasteiger partial charge in [0.2, 0.25) is 11.8 Å². The van der Waals surface area contributed by atoms with Crippen molar-refractivity contribution >= 4 is 27.5 Å². The minimum Gasteiger partial charge on any atom is -0.350 e. The van der Waals surface area contributed by atoms with Crippen LogP contribution >= 0.6 is 0 Å². The quantitative estimate of drug-likeness (QED) is 0.333. The summed E-state index contributed by atoms with van der Waals surface area (Å²) >= 11 is 0. The zero-order valence-corrected chi connectivity index (χ0v) is 25.3. The highest BCUT2D eigenvalue weighted by Crippen LogP contribution is 2.33. The van der Waals surface area contributed by atoms with Crippen LogP contribution < -0.4 is 9.62 Å². The van der Waals surface area contributed by atoms with Gasteiger partial charge in [-0.3, -0.25) is 13.9 Å². The Morgan fingerprint density at radius 3 is 2.10 bits per heavy atom. The molecule has 1 N–H and O–H groups in total. The van der Waals surface area contributed by atoms with Gasteiger partial charge in [0.15, 0.2) is 0 Å². The molecule has 0 bridgehead atoms. The minimum atomic E-state index is -4.74. The maximum Gasteiger partial charge on any atom is 0.416 e. The van der Waals surface area contributed by atoms with Gasteiger partial charge in [0.1, 0.15) is 12.6 Å². The zero-order valence-electron chi connectivity index (χ0n) is 24.5. The predicted molar refractivity (Wildman–Crippen MR) is 156 cm³/mol. The lowest BCUT2D eigenvalue weighted by Gasteiger charge is -2.34. The Hall–Kier alpha value is -3.86. The van der Waals surface area contributed by atoms with Gasteiger partial charge in [-0.05, 0) is 83.0 Å². The molecule has 0 aromatic heterocycles. The molecule has 0 saturated carbocycles. The molecule has 2 amide bonds. The lowest BCUT2D eigenvalue weighted by atomic mass is 10.1. The first kappa shape index (κ1) is 32.7. The van der Waals surface area contributed by atoms with Crippen molar-refractivity contribution in [1.29, 1.82) is 0 Å². The van der Waals surface area contributed by atoms with E-state index in [1.54, 1.807) is 52.0 Å². The topological polar surface area (TPSA) is 86.8 Å². The number of anilines is 1. The highest BCUT2D eigenvalue weighted by Gasteiger charge is 2.35. The van der Waals surface area contributed by atoms with Gasteiger partial charge in [0.25, 0.3) is 10.0 Å². The van der Waals surface area contributed by atoms with E-state index >= 15 is 0 Å². The number of amides is 2. The molecule has 0 radical (unpaired) electrons. The van der Waals surface area contributed by atoms with Gasteiger partial charge in [-0.15, -0.1) is 0 Å². The van der Waals surface area contributed by atoms with E-state index in [2.05, 4.69) is 5.32 Å². The number of halogens is 3. The number of hydrogen-bond donors (Lipinski definition) is 1. The van der Waals surface area contributed by atoms with Crippen LogP contribution in [0, 0.1) is 13.8 Å². The lowest BCUT2D eigenvalue weighted by molar-refractivity contribution is -0.140. The van der Waals surface area contributed by atoms with Crippen LogP contribution in [0.1, 0.15) is 49.9 Å². The van der Waals surface area contributed by atoms with E-state index in [0.29, 0.717) is 10.4 Å². The molecule has 3 aromatic rings. The number of benzene rings is 3. The Bertz CT molecular complexity index is 1530. The van der Waals surface area contributed by atoms with Crippen LogP contribution in [0.25, 0.3) is 0 Å². The van der Waals surface area contributed by atoms with E-state index in [4.69, 9.17) is 0 Å². The summed E-state index contributed by atoms with van der Waals surface area (Å²) < 4.78 is 69.2. The van der Waals surface area contributed by atoms with Gasteiger partial charge >= 0.3 is 6.18 Å². The average Bonchev–Trinajstić information content (AvgIpc) is 2.89. The van der Waals surface area contributed by atoms with Crippen molar-refractivity contribution in [3.8, 4) is 0 Å². The highest BCUT2D eigenvalue weighted by molar-refractivity contribution is 7.92. The molecule has 0 fully saturated rings. The molecule has 0 aliphatic heterocycles. The summed E-state index contributed by atoms with van der Waals surface area (Å²) in [6.45, 7) is 9.63. The number of hydrogen-bond acceptors (Lipinski definition) is 4. The van der Waals surface area contributed by atoms with Crippen molar-refractivity contribution < 1.29 is 31.2 Å². The third-order valence-electron chi connectivity index (χ3n) is 6.62. The first-order valence-electron chi connectivity index (χ1n) is 13.3. The SMILES string of the molecule is Cc1ccc(S(=O)(=O)N(CC(=O)N(Cc2ccccc2C)[C@H](C)C(=O)NC(C)(C)C)c2cccc(C(F)(F)F)c2)cc1. The fourth-order valence-electron chi connectivity index (χ4n) is 4.23. The number of nitrogens with zero attached hydrogens (tertiary/aromatic N) is 2. The molecule has 3 aromatic carbocycles. The number of rotatable bonds is 9. The molecular formula is C31H36F3N3O4S. The predicted octanol–water partition coefficient (Wildman–Crippen LogP) is 5.85. The Kier molecular flexibility index (Phi) is 9.77. The summed E-state index contributed by atoms with van der Waals surface area (Å²) in [5, 5.41) is 2.84. The van der Waals surface area contributed by atoms with Gasteiger partial charge in [-0.1, -0.05) is 48.0 Å². The summed E-state index contributed by atoms with van der Waals surface area (Å²) in [5.41, 5.74) is 0.349. The number of carbonyl (C=O) groups is 2. The third-order valence-corrected chi connectivity index (χ3v) is 8.40. The molecule has 7 nitrogen and oxygen atoms in total. The second-order valence-corrected chi connectivity index (χ2v) is 13.1. The van der Waals surface area contributed by atoms with Crippen molar-refractivity contribution in [3.63, 3.8) is 0 Å². The molecular weight excluding hydrogens is 567 g/mol. The molecule has 0 unspecified atom stereocenters. The van der Waals surface area contributed by atoms with Gasteiger partial charge in [-0.2, -0.15) is 13.2 Å². The minimum absolute atomic E-state index is 0.0226. The van der Waals surface area contributed by atoms with E-state index in [9.17, 15) is 31.2 Å². The maximum atomic E-state index is 14.0. The van der Waals surface area contributed by atoms with Gasteiger partial charge in [0.05, 0.1) is 16.1 Å². The van der Waals surface area contributed by atoms with Crippen molar-refractivity contribution in [2.24, 2.45) is 0 Å². The van der Waals surface area contributed by atoms with Crippen LogP contribution in [-0.4, -0.2) is 43.3 Å². The number of nitrogens with one attached hydrogen (secondary N) is 1. The fourth-order valence-corrected chi connectivity index (χ4v) is 5.64. The van der Waals surface area contributed by atoms with Gasteiger partial charge in [0, 0.05) is 12.1 Å². The van der Waals surface area contributed by atoms with Gasteiger partial charge in [-0.25, -0.2) is 8.42 Å². The van der Waals surface area contributed by atoms with Crippen molar-refractivity contribution in [2.75, 3.05) is 10.8 Å². The number of carbonyl (C=O) groups excluding carboxylic acids is 2. The molecule has 3 rings (SSSR count). The second-order valence-electron chi connectivity index (χ2n) is 11.2. The van der Waals surface area contributed by atoms with Crippen molar-refractivity contribution in [3.05, 3.63) is 95.1 Å². The third kappa shape index (κ3) is 8.12. The first-order chi connectivity index (χ1) is 19.4. The Morgan fingerprint density at radius 2 is 1.52 bits per heavy atom. The number of aryl methyl sites for hydroxylation is 2. The summed E-state index contributed by atoms with van der Waals surface area (Å²) in [6.07, 6.45) is -4.74. The standard InChI is InChI=1S/C31H36F3N3O4S/c1-21-14-16-27(17-15-21)42(40,41)37(26-13-9-12-25(18-26)31(32,33)34)20-28(38)36(19-24-11-8-7-10-22(24)2)23(3)29(39)35-30(4,5)6/h7-18,23H,19-20H2,1-6H3,(H,35,39)/t23-/m1/s1. The molecule has 11 heteroatoms. The van der Waals surface area contributed by atoms with Crippen molar-refractivity contribution in [1.82, 2.24) is 10.2 Å². The van der Waals surface area contributed by atoms with Gasteiger partial charge < -0.3 is 10.2 Å². The summed E-state index contributed by atoms with van der Waals surface area (Å²) in [7, 11) is -4.50. The maximum absolute atomic E-state index is 14.0. The average molecular weight is 604 g/mol. The zero-order chi connectivity index (χ0) is 31.5. The first-order valence-corrected chi connectivity index (χ1v) is 14.8. The van der Waals surface area contributed by atoms with Crippen molar-refractivity contribution in [2.45, 2.75) is 70.7 Å². The van der Waals surface area contributed by atoms with Crippen LogP contribution in [0.5, 0.6) is 0 Å². The molecule has 42 heavy (non-hydrogen) atoms. The summed E-state index contributed by atoms with van der Waals surface area (Å²) in [5.74, 6) is -1.22. The molecule has 0 aliphatic carbocycles.